The van der Waals surface area contributed by atoms with Gasteiger partial charge in [0, 0.05) is 11.1 Å². The summed E-state index contributed by atoms with van der Waals surface area (Å²) >= 11 is 0. The predicted molar refractivity (Wildman–Crippen MR) is 102 cm³/mol. The lowest BCUT2D eigenvalue weighted by Crippen LogP contribution is -2.13. The zero-order valence-corrected chi connectivity index (χ0v) is 15.2. The molecule has 10 heteroatoms. The average Bonchev–Trinajstić information content (AvgIpc) is 2.54. The second-order valence-electron chi connectivity index (χ2n) is 5.60. The molecule has 0 aliphatic carbocycles. The standard InChI is InChI=1S/C16H17N4O4PS/c17-12-5-8-14(9-6-12)26(22,23)20-16-3-1-2-11-4-7-13(10-15(11)16)24-25(18,19)21/h1-10,20H,17H2,(H4,18,19,21). The van der Waals surface area contributed by atoms with E-state index in [1.807, 2.05) is 0 Å². The van der Waals surface area contributed by atoms with E-state index < -0.39 is 17.7 Å². The van der Waals surface area contributed by atoms with Crippen LogP contribution in [-0.2, 0) is 14.6 Å². The van der Waals surface area contributed by atoms with Crippen LogP contribution in [-0.4, -0.2) is 8.42 Å². The minimum Gasteiger partial charge on any atom is -0.422 e. The fraction of sp³-hybridized carbons (Fsp3) is 0. The van der Waals surface area contributed by atoms with Gasteiger partial charge in [-0.2, -0.15) is 0 Å². The average molecular weight is 392 g/mol. The summed E-state index contributed by atoms with van der Waals surface area (Å²) in [5.74, 6) is 0.171. The normalized spacial score (nSPS) is 12.1. The molecule has 0 unspecified atom stereocenters. The molecular weight excluding hydrogens is 375 g/mol. The van der Waals surface area contributed by atoms with E-state index in [9.17, 15) is 13.0 Å². The minimum atomic E-state index is -3.82. The van der Waals surface area contributed by atoms with Crippen LogP contribution in [0.1, 0.15) is 0 Å². The smallest absolute Gasteiger partial charge is 0.385 e. The monoisotopic (exact) mass is 392 g/mol. The maximum absolute atomic E-state index is 12.6. The Morgan fingerprint density at radius 3 is 2.31 bits per heavy atom. The van der Waals surface area contributed by atoms with Crippen LogP contribution >= 0.6 is 7.67 Å². The van der Waals surface area contributed by atoms with Crippen LogP contribution in [0.2, 0.25) is 0 Å². The third-order valence-corrected chi connectivity index (χ3v) is 5.41. The summed E-state index contributed by atoms with van der Waals surface area (Å²) in [5, 5.41) is 1.29. The predicted octanol–water partition coefficient (Wildman–Crippen LogP) is 2.63. The van der Waals surface area contributed by atoms with Gasteiger partial charge in [-0.15, -0.1) is 0 Å². The second-order valence-corrected chi connectivity index (χ2v) is 8.76. The molecule has 136 valence electrons. The molecule has 0 fully saturated rings. The van der Waals surface area contributed by atoms with E-state index >= 15 is 0 Å². The molecule has 0 saturated heterocycles. The zero-order valence-electron chi connectivity index (χ0n) is 13.5. The van der Waals surface area contributed by atoms with Gasteiger partial charge in [0.25, 0.3) is 10.0 Å². The number of benzene rings is 3. The lowest BCUT2D eigenvalue weighted by Gasteiger charge is -2.13. The van der Waals surface area contributed by atoms with E-state index in [2.05, 4.69) is 4.72 Å². The quantitative estimate of drug-likeness (QED) is 0.385. The summed E-state index contributed by atoms with van der Waals surface area (Å²) < 4.78 is 44.2. The Bertz CT molecular complexity index is 1110. The van der Waals surface area contributed by atoms with Crippen molar-refractivity contribution in [2.45, 2.75) is 4.90 Å². The van der Waals surface area contributed by atoms with Gasteiger partial charge in [-0.3, -0.25) is 4.72 Å². The molecule has 3 aromatic carbocycles. The summed E-state index contributed by atoms with van der Waals surface area (Å²) in [5.41, 5.74) is 16.8. The Labute approximate surface area is 150 Å². The number of hydrogen-bond donors (Lipinski definition) is 4. The van der Waals surface area contributed by atoms with E-state index in [1.54, 1.807) is 30.3 Å². The Kier molecular flexibility index (Phi) is 4.64. The Balaban J connectivity index is 2.02. The van der Waals surface area contributed by atoms with E-state index in [0.29, 0.717) is 16.8 Å². The van der Waals surface area contributed by atoms with Gasteiger partial charge in [0.1, 0.15) is 5.75 Å². The number of rotatable bonds is 5. The maximum atomic E-state index is 12.6. The SMILES string of the molecule is Nc1ccc(S(=O)(=O)Nc2cccc3ccc(OP(N)(N)=O)cc23)cc1. The van der Waals surface area contributed by atoms with Crippen molar-refractivity contribution in [3.8, 4) is 5.75 Å². The molecule has 3 aromatic rings. The van der Waals surface area contributed by atoms with Gasteiger partial charge >= 0.3 is 7.67 Å². The summed E-state index contributed by atoms with van der Waals surface area (Å²) in [6.45, 7) is 0. The number of nitrogen functional groups attached to an aromatic ring is 1. The van der Waals surface area contributed by atoms with E-state index in [1.165, 1.54) is 30.3 Å². The summed E-state index contributed by atoms with van der Waals surface area (Å²) in [4.78, 5) is 0.0736. The first kappa shape index (κ1) is 18.2. The minimum absolute atomic E-state index is 0.0736. The van der Waals surface area contributed by atoms with E-state index in [0.717, 1.165) is 5.39 Å². The molecule has 3 rings (SSSR count). The van der Waals surface area contributed by atoms with Crippen molar-refractivity contribution in [2.24, 2.45) is 11.0 Å². The van der Waals surface area contributed by atoms with Crippen LogP contribution in [0.15, 0.2) is 65.6 Å². The number of fused-ring (bicyclic) bond motifs is 1. The molecule has 0 radical (unpaired) electrons. The van der Waals surface area contributed by atoms with Crippen LogP contribution in [0.3, 0.4) is 0 Å². The Hall–Kier alpha value is -2.58. The molecule has 0 aliphatic rings. The lowest BCUT2D eigenvalue weighted by molar-refractivity contribution is 0.484. The van der Waals surface area contributed by atoms with Crippen molar-refractivity contribution in [2.75, 3.05) is 10.5 Å². The highest BCUT2D eigenvalue weighted by atomic mass is 32.2. The molecular formula is C16H17N4O4PS. The highest BCUT2D eigenvalue weighted by molar-refractivity contribution is 7.92. The van der Waals surface area contributed by atoms with Crippen molar-refractivity contribution >= 4 is 39.8 Å². The van der Waals surface area contributed by atoms with Crippen LogP contribution in [0, 0.1) is 0 Å². The van der Waals surface area contributed by atoms with Crippen molar-refractivity contribution in [1.82, 2.24) is 0 Å². The second kappa shape index (κ2) is 6.62. The first-order valence-electron chi connectivity index (χ1n) is 7.42. The van der Waals surface area contributed by atoms with Gasteiger partial charge in [0.15, 0.2) is 0 Å². The van der Waals surface area contributed by atoms with Crippen molar-refractivity contribution in [3.63, 3.8) is 0 Å². The molecule has 0 aliphatic heterocycles. The van der Waals surface area contributed by atoms with Crippen LogP contribution < -0.4 is 26.0 Å². The Morgan fingerprint density at radius 1 is 0.962 bits per heavy atom. The first-order valence-corrected chi connectivity index (χ1v) is 10.7. The van der Waals surface area contributed by atoms with Gasteiger partial charge < -0.3 is 10.3 Å². The van der Waals surface area contributed by atoms with Gasteiger partial charge in [0.05, 0.1) is 10.6 Å². The van der Waals surface area contributed by atoms with E-state index in [-0.39, 0.29) is 10.6 Å². The van der Waals surface area contributed by atoms with Crippen molar-refractivity contribution in [1.29, 1.82) is 0 Å². The van der Waals surface area contributed by atoms with Gasteiger partial charge in [-0.1, -0.05) is 18.2 Å². The number of sulfonamides is 1. The largest absolute Gasteiger partial charge is 0.422 e. The third-order valence-electron chi connectivity index (χ3n) is 3.54. The molecule has 26 heavy (non-hydrogen) atoms. The molecule has 0 spiro atoms. The molecule has 0 saturated carbocycles. The maximum Gasteiger partial charge on any atom is 0.385 e. The number of nitrogens with one attached hydrogen (secondary N) is 1. The molecule has 8 nitrogen and oxygen atoms in total. The topological polar surface area (TPSA) is 151 Å². The molecule has 7 N–H and O–H groups in total. The van der Waals surface area contributed by atoms with Gasteiger partial charge in [-0.05, 0) is 47.9 Å². The fourth-order valence-corrected chi connectivity index (χ4v) is 3.94. The highest BCUT2D eigenvalue weighted by Crippen LogP contribution is 2.34. The molecule has 0 aromatic heterocycles. The molecule has 0 bridgehead atoms. The van der Waals surface area contributed by atoms with Gasteiger partial charge in [0.2, 0.25) is 0 Å². The summed E-state index contributed by atoms with van der Waals surface area (Å²) in [6, 6.07) is 15.7. The van der Waals surface area contributed by atoms with Gasteiger partial charge in [-0.25, -0.2) is 24.0 Å². The summed E-state index contributed by atoms with van der Waals surface area (Å²) in [7, 11) is -7.54. The summed E-state index contributed by atoms with van der Waals surface area (Å²) in [6.07, 6.45) is 0. The van der Waals surface area contributed by atoms with Crippen molar-refractivity contribution < 1.29 is 17.5 Å². The molecule has 0 atom stereocenters. The zero-order chi connectivity index (χ0) is 18.9. The van der Waals surface area contributed by atoms with E-state index in [4.69, 9.17) is 21.3 Å². The molecule has 0 amide bonds. The number of hydrogen-bond acceptors (Lipinski definition) is 5. The van der Waals surface area contributed by atoms with Crippen LogP contribution in [0.4, 0.5) is 11.4 Å². The number of nitrogens with two attached hydrogens (primary N) is 3. The fourth-order valence-electron chi connectivity index (χ4n) is 2.41. The Morgan fingerprint density at radius 2 is 1.65 bits per heavy atom. The third kappa shape index (κ3) is 4.14. The van der Waals surface area contributed by atoms with Crippen LogP contribution in [0.5, 0.6) is 5.75 Å². The van der Waals surface area contributed by atoms with Crippen molar-refractivity contribution in [3.05, 3.63) is 60.7 Å². The lowest BCUT2D eigenvalue weighted by atomic mass is 10.1. The highest BCUT2D eigenvalue weighted by Gasteiger charge is 2.16. The van der Waals surface area contributed by atoms with Crippen LogP contribution in [0.25, 0.3) is 10.8 Å². The first-order chi connectivity index (χ1) is 12.1. The number of anilines is 2. The molecule has 0 heterocycles.